The van der Waals surface area contributed by atoms with Crippen molar-refractivity contribution in [3.63, 3.8) is 0 Å². The van der Waals surface area contributed by atoms with Gasteiger partial charge in [-0.05, 0) is 45.5 Å². The van der Waals surface area contributed by atoms with Gasteiger partial charge >= 0.3 is 0 Å². The molecular weight excluding hydrogens is 537 g/mol. The van der Waals surface area contributed by atoms with Gasteiger partial charge in [-0.1, -0.05) is 109 Å². The number of hydrogen-bond donors (Lipinski definition) is 0. The topological polar surface area (TPSA) is 17.1 Å². The van der Waals surface area contributed by atoms with Crippen LogP contribution in [0.25, 0.3) is 62.6 Å². The minimum absolute atomic E-state index is 0.122. The third kappa shape index (κ3) is 3.31. The fourth-order valence-electron chi connectivity index (χ4n) is 6.73. The van der Waals surface area contributed by atoms with Crippen LogP contribution in [0.15, 0.2) is 121 Å². The van der Waals surface area contributed by atoms with Crippen molar-refractivity contribution in [3.8, 4) is 22.3 Å². The van der Waals surface area contributed by atoms with Crippen LogP contribution in [0.3, 0.4) is 0 Å². The minimum atomic E-state index is 0.122. The van der Waals surface area contributed by atoms with E-state index in [0.717, 1.165) is 39.8 Å². The van der Waals surface area contributed by atoms with Gasteiger partial charge < -0.3 is 0 Å². The number of rotatable bonds is 2. The number of thiophene rings is 2. The minimum Gasteiger partial charge on any atom is -0.289 e. The lowest BCUT2D eigenvalue weighted by molar-refractivity contribution is 0.103. The maximum atomic E-state index is 14.1. The van der Waals surface area contributed by atoms with Crippen molar-refractivity contribution in [1.29, 1.82) is 0 Å². The van der Waals surface area contributed by atoms with E-state index in [2.05, 4.69) is 97.1 Å². The fourth-order valence-corrected chi connectivity index (χ4v) is 9.19. The Bertz CT molecular complexity index is 2200. The first-order valence-electron chi connectivity index (χ1n) is 13.9. The predicted molar refractivity (Wildman–Crippen MR) is 176 cm³/mol. The van der Waals surface area contributed by atoms with E-state index in [1.807, 2.05) is 46.9 Å². The molecule has 2 heterocycles. The van der Waals surface area contributed by atoms with Gasteiger partial charge in [0.1, 0.15) is 0 Å². The Labute approximate surface area is 244 Å². The van der Waals surface area contributed by atoms with Crippen molar-refractivity contribution in [2.75, 3.05) is 0 Å². The quantitative estimate of drug-likeness (QED) is 0.206. The van der Waals surface area contributed by atoms with Gasteiger partial charge in [-0.25, -0.2) is 0 Å². The average Bonchev–Trinajstić information content (AvgIpc) is 3.60. The molecule has 6 aromatic carbocycles. The molecule has 41 heavy (non-hydrogen) atoms. The number of ketones is 1. The Hall–Kier alpha value is -4.57. The summed E-state index contributed by atoms with van der Waals surface area (Å²) >= 11 is 3.68. The largest absolute Gasteiger partial charge is 0.289 e. The molecule has 1 nitrogen and oxygen atoms in total. The van der Waals surface area contributed by atoms with Crippen LogP contribution in [-0.4, -0.2) is 5.78 Å². The second-order valence-corrected chi connectivity index (χ2v) is 12.8. The summed E-state index contributed by atoms with van der Waals surface area (Å²) in [6, 6.07) is 42.9. The molecule has 0 spiro atoms. The summed E-state index contributed by atoms with van der Waals surface area (Å²) in [5.74, 6) is 0.122. The monoisotopic (exact) mass is 558 g/mol. The van der Waals surface area contributed by atoms with Crippen LogP contribution in [0.2, 0.25) is 0 Å². The first-order valence-corrected chi connectivity index (χ1v) is 15.5. The summed E-state index contributed by atoms with van der Waals surface area (Å²) in [6.45, 7) is 0. The first-order chi connectivity index (χ1) is 20.3. The van der Waals surface area contributed by atoms with Crippen molar-refractivity contribution < 1.29 is 4.79 Å². The van der Waals surface area contributed by atoms with Crippen molar-refractivity contribution in [1.82, 2.24) is 0 Å². The van der Waals surface area contributed by atoms with Gasteiger partial charge in [-0.2, -0.15) is 0 Å². The van der Waals surface area contributed by atoms with Gasteiger partial charge in [0.2, 0.25) is 0 Å². The summed E-state index contributed by atoms with van der Waals surface area (Å²) in [5, 5.41) is 5.14. The standard InChI is InChI=1S/C38H22OS2/c39-36-26-13-5-11-22(28-15-7-17-30-24-9-1-3-19-34(24)40-37(28)30)32(26)21-33-23(12-6-14-27(33)36)29-16-8-18-31-25-10-2-4-20-35(25)41-38(29)31/h1-20H,21H2. The third-order valence-corrected chi connectivity index (χ3v) is 11.0. The van der Waals surface area contributed by atoms with Crippen LogP contribution in [0.5, 0.6) is 0 Å². The summed E-state index contributed by atoms with van der Waals surface area (Å²) in [5.41, 5.74) is 8.65. The normalized spacial score (nSPS) is 12.8. The van der Waals surface area contributed by atoms with E-state index < -0.39 is 0 Å². The maximum Gasteiger partial charge on any atom is 0.193 e. The lowest BCUT2D eigenvalue weighted by atomic mass is 9.78. The lowest BCUT2D eigenvalue weighted by Crippen LogP contribution is -2.17. The Balaban J connectivity index is 1.27. The molecule has 0 N–H and O–H groups in total. The van der Waals surface area contributed by atoms with Gasteiger partial charge in [0.05, 0.1) is 0 Å². The van der Waals surface area contributed by atoms with E-state index in [9.17, 15) is 4.79 Å². The van der Waals surface area contributed by atoms with E-state index in [0.29, 0.717) is 0 Å². The van der Waals surface area contributed by atoms with Crippen molar-refractivity contribution >= 4 is 68.8 Å². The molecule has 1 aliphatic rings. The summed E-state index contributed by atoms with van der Waals surface area (Å²) < 4.78 is 5.15. The maximum absolute atomic E-state index is 14.1. The van der Waals surface area contributed by atoms with Crippen molar-refractivity contribution in [3.05, 3.63) is 144 Å². The Kier molecular flexibility index (Phi) is 4.92. The van der Waals surface area contributed by atoms with Gasteiger partial charge in [-0.3, -0.25) is 4.79 Å². The molecule has 2 aromatic heterocycles. The van der Waals surface area contributed by atoms with Crippen molar-refractivity contribution in [2.45, 2.75) is 6.42 Å². The Morgan fingerprint density at radius 2 is 0.780 bits per heavy atom. The Morgan fingerprint density at radius 1 is 0.390 bits per heavy atom. The number of carbonyl (C=O) groups excluding carboxylic acids is 1. The number of fused-ring (bicyclic) bond motifs is 8. The van der Waals surface area contributed by atoms with E-state index in [-0.39, 0.29) is 5.78 Å². The molecule has 0 fully saturated rings. The molecule has 0 unspecified atom stereocenters. The zero-order chi connectivity index (χ0) is 27.1. The predicted octanol–water partition coefficient (Wildman–Crippen LogP) is 10.9. The zero-order valence-electron chi connectivity index (χ0n) is 22.0. The molecule has 0 aliphatic heterocycles. The van der Waals surface area contributed by atoms with Crippen LogP contribution in [0.4, 0.5) is 0 Å². The van der Waals surface area contributed by atoms with Crippen LogP contribution in [0.1, 0.15) is 27.0 Å². The fraction of sp³-hybridized carbons (Fsp3) is 0.0263. The molecule has 0 saturated heterocycles. The van der Waals surface area contributed by atoms with Gasteiger partial charge in [0.15, 0.2) is 5.78 Å². The van der Waals surface area contributed by atoms with Gasteiger partial charge in [0, 0.05) is 57.9 Å². The van der Waals surface area contributed by atoms with Crippen LogP contribution < -0.4 is 0 Å². The smallest absolute Gasteiger partial charge is 0.193 e. The molecule has 0 radical (unpaired) electrons. The average molecular weight is 559 g/mol. The van der Waals surface area contributed by atoms with E-state index in [4.69, 9.17) is 0 Å². The van der Waals surface area contributed by atoms with Gasteiger partial charge in [0.25, 0.3) is 0 Å². The van der Waals surface area contributed by atoms with Crippen LogP contribution in [0, 0.1) is 0 Å². The second-order valence-electron chi connectivity index (χ2n) is 10.7. The van der Waals surface area contributed by atoms with E-state index in [1.54, 1.807) is 0 Å². The van der Waals surface area contributed by atoms with E-state index in [1.165, 1.54) is 51.5 Å². The highest BCUT2D eigenvalue weighted by atomic mass is 32.1. The van der Waals surface area contributed by atoms with E-state index >= 15 is 0 Å². The highest BCUT2D eigenvalue weighted by Gasteiger charge is 2.28. The summed E-state index contributed by atoms with van der Waals surface area (Å²) in [6.07, 6.45) is 0.727. The number of carbonyl (C=O) groups is 1. The molecule has 1 aliphatic carbocycles. The molecular formula is C38H22OS2. The molecule has 9 rings (SSSR count). The molecule has 0 saturated carbocycles. The summed E-state index contributed by atoms with van der Waals surface area (Å²) in [7, 11) is 0. The molecule has 8 aromatic rings. The Morgan fingerprint density at radius 3 is 1.29 bits per heavy atom. The van der Waals surface area contributed by atoms with Crippen LogP contribution in [-0.2, 0) is 6.42 Å². The summed E-state index contributed by atoms with van der Waals surface area (Å²) in [4.78, 5) is 14.1. The molecule has 192 valence electrons. The van der Waals surface area contributed by atoms with Crippen molar-refractivity contribution in [2.24, 2.45) is 0 Å². The van der Waals surface area contributed by atoms with Gasteiger partial charge in [-0.15, -0.1) is 22.7 Å². The second kappa shape index (κ2) is 8.71. The highest BCUT2D eigenvalue weighted by molar-refractivity contribution is 7.26. The zero-order valence-corrected chi connectivity index (χ0v) is 23.6. The molecule has 0 amide bonds. The number of hydrogen-bond acceptors (Lipinski definition) is 3. The number of benzene rings is 6. The molecule has 3 heteroatoms. The molecule has 0 atom stereocenters. The third-order valence-electron chi connectivity index (χ3n) is 8.58. The highest BCUT2D eigenvalue weighted by Crippen LogP contribution is 2.46. The SMILES string of the molecule is O=C1c2cccc(-c3cccc4c3sc3ccccc34)c2Cc2c1cccc2-c1cccc2c1sc1ccccc12. The van der Waals surface area contributed by atoms with Crippen LogP contribution >= 0.6 is 22.7 Å². The molecule has 0 bridgehead atoms. The lowest BCUT2D eigenvalue weighted by Gasteiger charge is -2.24. The first kappa shape index (κ1) is 23.2.